The Bertz CT molecular complexity index is 657. The number of thiazole rings is 1. The largest absolute Gasteiger partial charge is 0.345 e. The molecule has 2 amide bonds. The van der Waals surface area contributed by atoms with Crippen LogP contribution in [0.4, 0.5) is 9.93 Å². The number of nitrogens with zero attached hydrogens (tertiary/aromatic N) is 6. The summed E-state index contributed by atoms with van der Waals surface area (Å²) in [7, 11) is 0. The molecule has 1 saturated heterocycles. The second kappa shape index (κ2) is 7.16. The SMILES string of the molecule is Cc1nc(N2CCN(C(=O)NC(C)Cn3cncn3)CC2)sc1C. The normalized spacial score (nSPS) is 16.3. The lowest BCUT2D eigenvalue weighted by Gasteiger charge is -2.35. The highest BCUT2D eigenvalue weighted by atomic mass is 32.1. The first-order chi connectivity index (χ1) is 11.5. The minimum atomic E-state index is -0.0197. The van der Waals surface area contributed by atoms with E-state index in [4.69, 9.17) is 0 Å². The molecule has 0 aliphatic carbocycles. The Balaban J connectivity index is 1.48. The number of amides is 2. The molecule has 1 N–H and O–H groups in total. The Hall–Kier alpha value is -2.16. The third-order valence-corrected chi connectivity index (χ3v) is 5.29. The first kappa shape index (κ1) is 16.7. The summed E-state index contributed by atoms with van der Waals surface area (Å²) in [6.07, 6.45) is 3.15. The van der Waals surface area contributed by atoms with Crippen LogP contribution in [0.15, 0.2) is 12.7 Å². The number of hydrogen-bond acceptors (Lipinski definition) is 6. The van der Waals surface area contributed by atoms with Gasteiger partial charge in [-0.25, -0.2) is 14.8 Å². The van der Waals surface area contributed by atoms with Crippen LogP contribution in [0.5, 0.6) is 0 Å². The lowest BCUT2D eigenvalue weighted by molar-refractivity contribution is 0.189. The number of rotatable bonds is 4. The molecular formula is C15H23N7OS. The van der Waals surface area contributed by atoms with Gasteiger partial charge in [-0.3, -0.25) is 4.68 Å². The fourth-order valence-electron chi connectivity index (χ4n) is 2.65. The van der Waals surface area contributed by atoms with Crippen molar-refractivity contribution in [2.45, 2.75) is 33.4 Å². The van der Waals surface area contributed by atoms with Gasteiger partial charge >= 0.3 is 6.03 Å². The molecule has 1 atom stereocenters. The molecule has 0 radical (unpaired) electrons. The Morgan fingerprint density at radius 2 is 2.08 bits per heavy atom. The van der Waals surface area contributed by atoms with E-state index in [1.807, 2.05) is 18.7 Å². The molecule has 8 nitrogen and oxygen atoms in total. The smallest absolute Gasteiger partial charge is 0.317 e. The van der Waals surface area contributed by atoms with Gasteiger partial charge in [0.1, 0.15) is 12.7 Å². The summed E-state index contributed by atoms with van der Waals surface area (Å²) in [5.41, 5.74) is 1.09. The summed E-state index contributed by atoms with van der Waals surface area (Å²) in [5, 5.41) is 8.14. The van der Waals surface area contributed by atoms with Crippen LogP contribution < -0.4 is 10.2 Å². The van der Waals surface area contributed by atoms with Crippen molar-refractivity contribution in [1.82, 2.24) is 30.0 Å². The van der Waals surface area contributed by atoms with E-state index in [0.29, 0.717) is 19.6 Å². The van der Waals surface area contributed by atoms with Crippen molar-refractivity contribution >= 4 is 22.5 Å². The van der Waals surface area contributed by atoms with Gasteiger partial charge in [-0.05, 0) is 20.8 Å². The Labute approximate surface area is 145 Å². The van der Waals surface area contributed by atoms with E-state index in [1.165, 1.54) is 11.2 Å². The van der Waals surface area contributed by atoms with Crippen LogP contribution in [0.1, 0.15) is 17.5 Å². The second-order valence-corrected chi connectivity index (χ2v) is 7.26. The minimum Gasteiger partial charge on any atom is -0.345 e. The minimum absolute atomic E-state index is 0.00138. The average Bonchev–Trinajstić information content (AvgIpc) is 3.18. The maximum absolute atomic E-state index is 12.4. The van der Waals surface area contributed by atoms with Crippen LogP contribution in [0.2, 0.25) is 0 Å². The number of piperazine rings is 1. The Morgan fingerprint density at radius 3 is 2.67 bits per heavy atom. The quantitative estimate of drug-likeness (QED) is 0.899. The molecule has 130 valence electrons. The van der Waals surface area contributed by atoms with Crippen LogP contribution in [0, 0.1) is 13.8 Å². The van der Waals surface area contributed by atoms with Crippen molar-refractivity contribution in [3.05, 3.63) is 23.2 Å². The molecule has 1 aliphatic heterocycles. The average molecular weight is 349 g/mol. The van der Waals surface area contributed by atoms with Crippen LogP contribution in [-0.2, 0) is 6.54 Å². The van der Waals surface area contributed by atoms with Crippen molar-refractivity contribution < 1.29 is 4.79 Å². The Kier molecular flexibility index (Phi) is 4.98. The predicted molar refractivity (Wildman–Crippen MR) is 93.4 cm³/mol. The molecule has 0 saturated carbocycles. The monoisotopic (exact) mass is 349 g/mol. The standard InChI is InChI=1S/C15H23N7OS/c1-11(8-22-10-16-9-17-22)18-14(23)20-4-6-21(7-5-20)15-19-12(2)13(3)24-15/h9-11H,4-8H2,1-3H3,(H,18,23). The highest BCUT2D eigenvalue weighted by Gasteiger charge is 2.24. The van der Waals surface area contributed by atoms with Gasteiger partial charge in [0.05, 0.1) is 12.2 Å². The summed E-state index contributed by atoms with van der Waals surface area (Å²) >= 11 is 1.72. The summed E-state index contributed by atoms with van der Waals surface area (Å²) in [4.78, 5) is 26.3. The van der Waals surface area contributed by atoms with E-state index in [1.54, 1.807) is 22.3 Å². The molecule has 0 bridgehead atoms. The fourth-order valence-corrected chi connectivity index (χ4v) is 3.61. The number of anilines is 1. The summed E-state index contributed by atoms with van der Waals surface area (Å²) in [6.45, 7) is 9.76. The van der Waals surface area contributed by atoms with Gasteiger partial charge in [-0.15, -0.1) is 11.3 Å². The zero-order chi connectivity index (χ0) is 17.1. The van der Waals surface area contributed by atoms with Gasteiger partial charge in [0.15, 0.2) is 5.13 Å². The van der Waals surface area contributed by atoms with Gasteiger partial charge in [0, 0.05) is 37.1 Å². The third-order valence-electron chi connectivity index (χ3n) is 4.15. The molecule has 0 aromatic carbocycles. The molecular weight excluding hydrogens is 326 g/mol. The molecule has 3 rings (SSSR count). The van der Waals surface area contributed by atoms with Crippen LogP contribution in [0.3, 0.4) is 0 Å². The zero-order valence-electron chi connectivity index (χ0n) is 14.3. The Morgan fingerprint density at radius 1 is 1.33 bits per heavy atom. The maximum Gasteiger partial charge on any atom is 0.317 e. The second-order valence-electron chi connectivity index (χ2n) is 6.08. The lowest BCUT2D eigenvalue weighted by Crippen LogP contribution is -2.53. The van der Waals surface area contributed by atoms with E-state index in [2.05, 4.69) is 32.2 Å². The van der Waals surface area contributed by atoms with Crippen LogP contribution in [0.25, 0.3) is 0 Å². The number of carbonyl (C=O) groups is 1. The van der Waals surface area contributed by atoms with E-state index < -0.39 is 0 Å². The van der Waals surface area contributed by atoms with Crippen molar-refractivity contribution in [2.75, 3.05) is 31.1 Å². The molecule has 1 fully saturated rings. The molecule has 0 spiro atoms. The zero-order valence-corrected chi connectivity index (χ0v) is 15.1. The molecule has 2 aromatic rings. The van der Waals surface area contributed by atoms with Gasteiger partial charge < -0.3 is 15.1 Å². The molecule has 1 aliphatic rings. The number of carbonyl (C=O) groups excluding carboxylic acids is 1. The highest BCUT2D eigenvalue weighted by Crippen LogP contribution is 2.25. The van der Waals surface area contributed by atoms with E-state index in [9.17, 15) is 4.79 Å². The van der Waals surface area contributed by atoms with E-state index in [-0.39, 0.29) is 12.1 Å². The fraction of sp³-hybridized carbons (Fsp3) is 0.600. The highest BCUT2D eigenvalue weighted by molar-refractivity contribution is 7.15. The molecule has 24 heavy (non-hydrogen) atoms. The van der Waals surface area contributed by atoms with Crippen molar-refractivity contribution in [2.24, 2.45) is 0 Å². The van der Waals surface area contributed by atoms with Gasteiger partial charge in [0.25, 0.3) is 0 Å². The number of aromatic nitrogens is 4. The summed E-state index contributed by atoms with van der Waals surface area (Å²) in [5.74, 6) is 0. The van der Waals surface area contributed by atoms with Gasteiger partial charge in [-0.1, -0.05) is 0 Å². The van der Waals surface area contributed by atoms with E-state index in [0.717, 1.165) is 23.9 Å². The predicted octanol–water partition coefficient (Wildman–Crippen LogP) is 1.27. The molecule has 1 unspecified atom stereocenters. The molecule has 3 heterocycles. The van der Waals surface area contributed by atoms with Gasteiger partial charge in [0.2, 0.25) is 0 Å². The van der Waals surface area contributed by atoms with Crippen LogP contribution in [-0.4, -0.2) is 62.9 Å². The lowest BCUT2D eigenvalue weighted by atomic mass is 10.3. The molecule has 2 aromatic heterocycles. The van der Waals surface area contributed by atoms with Crippen LogP contribution >= 0.6 is 11.3 Å². The van der Waals surface area contributed by atoms with Crippen molar-refractivity contribution in [3.63, 3.8) is 0 Å². The number of aryl methyl sites for hydroxylation is 2. The summed E-state index contributed by atoms with van der Waals surface area (Å²) < 4.78 is 1.72. The first-order valence-electron chi connectivity index (χ1n) is 8.10. The maximum atomic E-state index is 12.4. The van der Waals surface area contributed by atoms with E-state index >= 15 is 0 Å². The van der Waals surface area contributed by atoms with Crippen molar-refractivity contribution in [3.8, 4) is 0 Å². The van der Waals surface area contributed by atoms with Gasteiger partial charge in [-0.2, -0.15) is 5.10 Å². The summed E-state index contributed by atoms with van der Waals surface area (Å²) in [6, 6.07) is -0.0183. The van der Waals surface area contributed by atoms with Crippen molar-refractivity contribution in [1.29, 1.82) is 0 Å². The molecule has 9 heteroatoms. The first-order valence-corrected chi connectivity index (χ1v) is 8.91. The number of nitrogens with one attached hydrogen (secondary N) is 1. The number of hydrogen-bond donors (Lipinski definition) is 1. The third kappa shape index (κ3) is 3.84. The number of urea groups is 1. The topological polar surface area (TPSA) is 79.2 Å².